The topological polar surface area (TPSA) is 58.2 Å². The fourth-order valence-electron chi connectivity index (χ4n) is 4.74. The average molecular weight is 380 g/mol. The first kappa shape index (κ1) is 18.7. The van der Waals surface area contributed by atoms with Gasteiger partial charge in [0.05, 0.1) is 5.56 Å². The van der Waals surface area contributed by atoms with Crippen LogP contribution in [0.1, 0.15) is 60.5 Å². The average Bonchev–Trinajstić information content (AvgIpc) is 3.19. The van der Waals surface area contributed by atoms with Crippen molar-refractivity contribution in [3.05, 3.63) is 65.0 Å². The number of fused-ring (bicyclic) bond motifs is 1. The fraction of sp³-hybridized carbons (Fsp3) is 0.391. The van der Waals surface area contributed by atoms with Gasteiger partial charge in [-0.2, -0.15) is 0 Å². The standard InChI is InChI=1S/C23H25FN2O2/c1-15(23(11-5-6-12-23)17-7-3-2-4-8-17)25-22(28)18-13-16-9-10-21(27)26-20(16)14-19(18)24/h2-4,7-8,13-15H,5-6,9-12H2,1H3,(H,25,28)(H,26,27). The molecule has 0 saturated heterocycles. The quantitative estimate of drug-likeness (QED) is 0.829. The number of carbonyl (C=O) groups excluding carboxylic acids is 2. The van der Waals surface area contributed by atoms with E-state index in [1.54, 1.807) is 6.07 Å². The molecule has 5 heteroatoms. The molecule has 2 N–H and O–H groups in total. The normalized spacial score (nSPS) is 18.9. The maximum Gasteiger partial charge on any atom is 0.254 e. The maximum atomic E-state index is 14.6. The Morgan fingerprint density at radius 1 is 1.14 bits per heavy atom. The molecule has 1 aliphatic carbocycles. The molecule has 1 aliphatic heterocycles. The van der Waals surface area contributed by atoms with Gasteiger partial charge in [0.2, 0.25) is 5.91 Å². The highest BCUT2D eigenvalue weighted by atomic mass is 19.1. The van der Waals surface area contributed by atoms with Gasteiger partial charge in [-0.25, -0.2) is 4.39 Å². The number of anilines is 1. The van der Waals surface area contributed by atoms with E-state index < -0.39 is 11.7 Å². The molecule has 0 spiro atoms. The van der Waals surface area contributed by atoms with Crippen LogP contribution >= 0.6 is 0 Å². The number of carbonyl (C=O) groups is 2. The van der Waals surface area contributed by atoms with Crippen LogP contribution < -0.4 is 10.6 Å². The van der Waals surface area contributed by atoms with Gasteiger partial charge in [-0.15, -0.1) is 0 Å². The van der Waals surface area contributed by atoms with Gasteiger partial charge in [0.25, 0.3) is 5.91 Å². The highest BCUT2D eigenvalue weighted by Crippen LogP contribution is 2.43. The van der Waals surface area contributed by atoms with Crippen molar-refractivity contribution >= 4 is 17.5 Å². The Morgan fingerprint density at radius 3 is 2.57 bits per heavy atom. The third-order valence-electron chi connectivity index (χ3n) is 6.35. The van der Waals surface area contributed by atoms with Crippen molar-refractivity contribution in [1.29, 1.82) is 0 Å². The Morgan fingerprint density at radius 2 is 1.86 bits per heavy atom. The van der Waals surface area contributed by atoms with E-state index in [-0.39, 0.29) is 22.9 Å². The molecule has 1 heterocycles. The molecule has 1 fully saturated rings. The van der Waals surface area contributed by atoms with E-state index in [4.69, 9.17) is 0 Å². The predicted octanol–water partition coefficient (Wildman–Crippen LogP) is 4.34. The minimum Gasteiger partial charge on any atom is -0.349 e. The first-order valence-corrected chi connectivity index (χ1v) is 9.98. The summed E-state index contributed by atoms with van der Waals surface area (Å²) >= 11 is 0. The number of hydrogen-bond acceptors (Lipinski definition) is 2. The zero-order valence-electron chi connectivity index (χ0n) is 16.1. The minimum atomic E-state index is -0.606. The lowest BCUT2D eigenvalue weighted by molar-refractivity contribution is -0.116. The lowest BCUT2D eigenvalue weighted by atomic mass is 9.73. The molecule has 2 aromatic rings. The lowest BCUT2D eigenvalue weighted by Gasteiger charge is -2.36. The second-order valence-corrected chi connectivity index (χ2v) is 7.96. The van der Waals surface area contributed by atoms with E-state index in [1.807, 2.05) is 25.1 Å². The van der Waals surface area contributed by atoms with Crippen LogP contribution in [-0.4, -0.2) is 17.9 Å². The second kappa shape index (κ2) is 7.38. The summed E-state index contributed by atoms with van der Waals surface area (Å²) in [7, 11) is 0. The van der Waals surface area contributed by atoms with Crippen LogP contribution in [0.2, 0.25) is 0 Å². The summed E-state index contributed by atoms with van der Waals surface area (Å²) in [5, 5.41) is 5.74. The van der Waals surface area contributed by atoms with Crippen molar-refractivity contribution in [2.75, 3.05) is 5.32 Å². The Balaban J connectivity index is 1.59. The van der Waals surface area contributed by atoms with Gasteiger partial charge in [0.1, 0.15) is 5.82 Å². The van der Waals surface area contributed by atoms with Crippen LogP contribution in [0.15, 0.2) is 42.5 Å². The van der Waals surface area contributed by atoms with Gasteiger partial charge < -0.3 is 10.6 Å². The number of amides is 2. The molecule has 146 valence electrons. The summed E-state index contributed by atoms with van der Waals surface area (Å²) < 4.78 is 14.6. The molecule has 2 aliphatic rings. The third kappa shape index (κ3) is 3.30. The monoisotopic (exact) mass is 380 g/mol. The third-order valence-corrected chi connectivity index (χ3v) is 6.35. The molecule has 4 nitrogen and oxygen atoms in total. The lowest BCUT2D eigenvalue weighted by Crippen LogP contribution is -2.47. The number of aryl methyl sites for hydroxylation is 1. The molecule has 0 bridgehead atoms. The van der Waals surface area contributed by atoms with Gasteiger partial charge in [-0.1, -0.05) is 43.2 Å². The Bertz CT molecular complexity index is 904. The smallest absolute Gasteiger partial charge is 0.254 e. The minimum absolute atomic E-state index is 0.0444. The molecule has 1 atom stereocenters. The highest BCUT2D eigenvalue weighted by Gasteiger charge is 2.41. The number of halogens is 1. The first-order valence-electron chi connectivity index (χ1n) is 9.98. The van der Waals surface area contributed by atoms with Gasteiger partial charge >= 0.3 is 0 Å². The number of rotatable bonds is 4. The summed E-state index contributed by atoms with van der Waals surface area (Å²) in [6, 6.07) is 13.0. The summed E-state index contributed by atoms with van der Waals surface area (Å²) in [5.41, 5.74) is 2.43. The van der Waals surface area contributed by atoms with E-state index in [2.05, 4.69) is 22.8 Å². The molecular formula is C23H25FN2O2. The highest BCUT2D eigenvalue weighted by molar-refractivity contribution is 5.98. The molecular weight excluding hydrogens is 355 g/mol. The zero-order chi connectivity index (χ0) is 19.7. The van der Waals surface area contributed by atoms with Crippen molar-refractivity contribution in [3.63, 3.8) is 0 Å². The molecule has 2 amide bonds. The van der Waals surface area contributed by atoms with E-state index >= 15 is 0 Å². The van der Waals surface area contributed by atoms with Crippen molar-refractivity contribution in [2.24, 2.45) is 0 Å². The Labute approximate surface area is 164 Å². The van der Waals surface area contributed by atoms with Crippen LogP contribution in [0.5, 0.6) is 0 Å². The van der Waals surface area contributed by atoms with E-state index in [0.717, 1.165) is 31.2 Å². The summed E-state index contributed by atoms with van der Waals surface area (Å²) in [6.45, 7) is 2.02. The van der Waals surface area contributed by atoms with Crippen molar-refractivity contribution in [1.82, 2.24) is 5.32 Å². The van der Waals surface area contributed by atoms with E-state index in [1.165, 1.54) is 11.6 Å². The van der Waals surface area contributed by atoms with Crippen LogP contribution in [0, 0.1) is 5.82 Å². The first-order chi connectivity index (χ1) is 13.5. The summed E-state index contributed by atoms with van der Waals surface area (Å²) in [6.07, 6.45) is 5.15. The number of benzene rings is 2. The molecule has 2 aromatic carbocycles. The Kier molecular flexibility index (Phi) is 4.92. The molecule has 0 radical (unpaired) electrons. The molecule has 1 unspecified atom stereocenters. The fourth-order valence-corrected chi connectivity index (χ4v) is 4.74. The molecule has 4 rings (SSSR count). The number of hydrogen-bond donors (Lipinski definition) is 2. The van der Waals surface area contributed by atoms with E-state index in [0.29, 0.717) is 18.5 Å². The maximum absolute atomic E-state index is 14.6. The van der Waals surface area contributed by atoms with Crippen LogP contribution in [0.3, 0.4) is 0 Å². The molecule has 1 saturated carbocycles. The van der Waals surface area contributed by atoms with Gasteiger partial charge in [-0.3, -0.25) is 9.59 Å². The van der Waals surface area contributed by atoms with Gasteiger partial charge in [0.15, 0.2) is 0 Å². The van der Waals surface area contributed by atoms with Crippen LogP contribution in [-0.2, 0) is 16.6 Å². The van der Waals surface area contributed by atoms with Gasteiger partial charge in [-0.05, 0) is 49.4 Å². The van der Waals surface area contributed by atoms with E-state index in [9.17, 15) is 14.0 Å². The zero-order valence-corrected chi connectivity index (χ0v) is 16.1. The van der Waals surface area contributed by atoms with Crippen LogP contribution in [0.25, 0.3) is 0 Å². The largest absolute Gasteiger partial charge is 0.349 e. The van der Waals surface area contributed by atoms with Crippen LogP contribution in [0.4, 0.5) is 10.1 Å². The molecule has 28 heavy (non-hydrogen) atoms. The van der Waals surface area contributed by atoms with Crippen molar-refractivity contribution < 1.29 is 14.0 Å². The molecule has 0 aromatic heterocycles. The summed E-state index contributed by atoms with van der Waals surface area (Å²) in [4.78, 5) is 24.4. The summed E-state index contributed by atoms with van der Waals surface area (Å²) in [5.74, 6) is -1.12. The Hall–Kier alpha value is -2.69. The SMILES string of the molecule is CC(NC(=O)c1cc2c(cc1F)NC(=O)CC2)C1(c2ccccc2)CCCC1. The van der Waals surface area contributed by atoms with Crippen molar-refractivity contribution in [3.8, 4) is 0 Å². The predicted molar refractivity (Wildman–Crippen MR) is 107 cm³/mol. The van der Waals surface area contributed by atoms with Crippen molar-refractivity contribution in [2.45, 2.75) is 56.9 Å². The van der Waals surface area contributed by atoms with Gasteiger partial charge in [0, 0.05) is 23.6 Å². The second-order valence-electron chi connectivity index (χ2n) is 7.96. The number of nitrogens with one attached hydrogen (secondary N) is 2.